The van der Waals surface area contributed by atoms with E-state index in [9.17, 15) is 13.2 Å². The smallest absolute Gasteiger partial charge is 0.320 e. The van der Waals surface area contributed by atoms with Gasteiger partial charge in [-0.15, -0.1) is 0 Å². The first-order chi connectivity index (χ1) is 5.87. The molecule has 0 aromatic heterocycles. The fourth-order valence-electron chi connectivity index (χ4n) is 1.17. The molecule has 0 saturated carbocycles. The van der Waals surface area contributed by atoms with Crippen molar-refractivity contribution in [3.05, 3.63) is 0 Å². The molecule has 1 unspecified atom stereocenters. The van der Waals surface area contributed by atoms with Gasteiger partial charge in [-0.05, 0) is 32.9 Å². The van der Waals surface area contributed by atoms with Gasteiger partial charge in [0, 0.05) is 0 Å². The molecule has 0 bridgehead atoms. The molecular formula is C9H18F3N. The number of rotatable bonds is 5. The van der Waals surface area contributed by atoms with E-state index in [4.69, 9.17) is 0 Å². The molecule has 0 spiro atoms. The lowest BCUT2D eigenvalue weighted by Crippen LogP contribution is -2.35. The Labute approximate surface area is 77.7 Å². The SMILES string of the molecule is CCC(C)(CCCNC)C(F)(F)F. The Morgan fingerprint density at radius 2 is 1.77 bits per heavy atom. The standard InChI is InChI=1S/C9H18F3N/c1-4-8(2,9(10,11)12)6-5-7-13-3/h13H,4-7H2,1-3H3. The first kappa shape index (κ1) is 12.8. The zero-order valence-electron chi connectivity index (χ0n) is 8.46. The van der Waals surface area contributed by atoms with Gasteiger partial charge < -0.3 is 5.32 Å². The van der Waals surface area contributed by atoms with Crippen molar-refractivity contribution in [2.45, 2.75) is 39.3 Å². The van der Waals surface area contributed by atoms with Crippen LogP contribution in [0.3, 0.4) is 0 Å². The summed E-state index contributed by atoms with van der Waals surface area (Å²) in [6, 6.07) is 0. The third kappa shape index (κ3) is 3.55. The van der Waals surface area contributed by atoms with Crippen molar-refractivity contribution in [1.82, 2.24) is 5.32 Å². The second-order valence-corrected chi connectivity index (χ2v) is 3.62. The first-order valence-electron chi connectivity index (χ1n) is 4.58. The van der Waals surface area contributed by atoms with Crippen LogP contribution in [0, 0.1) is 5.41 Å². The van der Waals surface area contributed by atoms with Crippen molar-refractivity contribution in [3.63, 3.8) is 0 Å². The van der Waals surface area contributed by atoms with Crippen LogP contribution < -0.4 is 5.32 Å². The number of halogens is 3. The molecule has 0 heterocycles. The fraction of sp³-hybridized carbons (Fsp3) is 1.00. The van der Waals surface area contributed by atoms with Crippen LogP contribution in [-0.2, 0) is 0 Å². The largest absolute Gasteiger partial charge is 0.394 e. The second kappa shape index (κ2) is 4.84. The number of alkyl halides is 3. The minimum absolute atomic E-state index is 0.153. The van der Waals surface area contributed by atoms with E-state index in [1.54, 1.807) is 14.0 Å². The highest BCUT2D eigenvalue weighted by Gasteiger charge is 2.48. The number of hydrogen-bond donors (Lipinski definition) is 1. The van der Waals surface area contributed by atoms with Gasteiger partial charge in [0.1, 0.15) is 0 Å². The molecule has 0 rings (SSSR count). The van der Waals surface area contributed by atoms with E-state index in [-0.39, 0.29) is 12.8 Å². The molecule has 0 fully saturated rings. The molecule has 80 valence electrons. The Balaban J connectivity index is 4.13. The minimum Gasteiger partial charge on any atom is -0.320 e. The summed E-state index contributed by atoms with van der Waals surface area (Å²) < 4.78 is 37.5. The van der Waals surface area contributed by atoms with Crippen LogP contribution in [0.2, 0.25) is 0 Å². The molecular weight excluding hydrogens is 179 g/mol. The molecule has 0 saturated heterocycles. The lowest BCUT2D eigenvalue weighted by atomic mass is 9.82. The van der Waals surface area contributed by atoms with Gasteiger partial charge in [0.05, 0.1) is 5.41 Å². The average molecular weight is 197 g/mol. The van der Waals surface area contributed by atoms with Crippen molar-refractivity contribution < 1.29 is 13.2 Å². The molecule has 1 nitrogen and oxygen atoms in total. The van der Waals surface area contributed by atoms with Crippen molar-refractivity contribution in [1.29, 1.82) is 0 Å². The Morgan fingerprint density at radius 1 is 1.23 bits per heavy atom. The summed E-state index contributed by atoms with van der Waals surface area (Å²) >= 11 is 0. The maximum Gasteiger partial charge on any atom is 0.394 e. The van der Waals surface area contributed by atoms with Gasteiger partial charge in [0.2, 0.25) is 0 Å². The van der Waals surface area contributed by atoms with Crippen molar-refractivity contribution in [3.8, 4) is 0 Å². The van der Waals surface area contributed by atoms with Crippen LogP contribution in [0.5, 0.6) is 0 Å². The van der Waals surface area contributed by atoms with Gasteiger partial charge in [-0.2, -0.15) is 13.2 Å². The summed E-state index contributed by atoms with van der Waals surface area (Å²) in [6.45, 7) is 3.53. The fourth-order valence-corrected chi connectivity index (χ4v) is 1.17. The summed E-state index contributed by atoms with van der Waals surface area (Å²) in [4.78, 5) is 0. The van der Waals surface area contributed by atoms with Crippen molar-refractivity contribution >= 4 is 0 Å². The third-order valence-electron chi connectivity index (χ3n) is 2.62. The maximum atomic E-state index is 12.5. The van der Waals surface area contributed by atoms with E-state index < -0.39 is 11.6 Å². The monoisotopic (exact) mass is 197 g/mol. The van der Waals surface area contributed by atoms with Gasteiger partial charge in [-0.3, -0.25) is 0 Å². The van der Waals surface area contributed by atoms with Crippen LogP contribution in [0.1, 0.15) is 33.1 Å². The summed E-state index contributed by atoms with van der Waals surface area (Å²) in [5.74, 6) is 0. The highest BCUT2D eigenvalue weighted by atomic mass is 19.4. The van der Waals surface area contributed by atoms with Crippen molar-refractivity contribution in [2.24, 2.45) is 5.41 Å². The molecule has 1 N–H and O–H groups in total. The van der Waals surface area contributed by atoms with Crippen LogP contribution in [0.25, 0.3) is 0 Å². The lowest BCUT2D eigenvalue weighted by molar-refractivity contribution is -0.221. The highest BCUT2D eigenvalue weighted by molar-refractivity contribution is 4.80. The van der Waals surface area contributed by atoms with Gasteiger partial charge in [0.15, 0.2) is 0 Å². The van der Waals surface area contributed by atoms with Gasteiger partial charge >= 0.3 is 6.18 Å². The normalized spacial score (nSPS) is 17.1. The van der Waals surface area contributed by atoms with E-state index in [2.05, 4.69) is 5.32 Å². The van der Waals surface area contributed by atoms with Crippen LogP contribution in [0.4, 0.5) is 13.2 Å². The molecule has 0 radical (unpaired) electrons. The van der Waals surface area contributed by atoms with Crippen LogP contribution >= 0.6 is 0 Å². The van der Waals surface area contributed by atoms with Gasteiger partial charge in [-0.25, -0.2) is 0 Å². The second-order valence-electron chi connectivity index (χ2n) is 3.62. The minimum atomic E-state index is -4.07. The molecule has 0 aliphatic heterocycles. The zero-order chi connectivity index (χ0) is 10.5. The molecule has 0 amide bonds. The van der Waals surface area contributed by atoms with Crippen LogP contribution in [0.15, 0.2) is 0 Å². The maximum absolute atomic E-state index is 12.5. The van der Waals surface area contributed by atoms with E-state index >= 15 is 0 Å². The highest BCUT2D eigenvalue weighted by Crippen LogP contribution is 2.43. The molecule has 0 aliphatic rings. The Hall–Kier alpha value is -0.250. The molecule has 1 atom stereocenters. The molecule has 13 heavy (non-hydrogen) atoms. The Bertz CT molecular complexity index is 144. The zero-order valence-corrected chi connectivity index (χ0v) is 8.46. The predicted molar refractivity (Wildman–Crippen MR) is 47.6 cm³/mol. The summed E-state index contributed by atoms with van der Waals surface area (Å²) in [7, 11) is 1.75. The topological polar surface area (TPSA) is 12.0 Å². The van der Waals surface area contributed by atoms with E-state index in [0.717, 1.165) is 0 Å². The third-order valence-corrected chi connectivity index (χ3v) is 2.62. The van der Waals surface area contributed by atoms with E-state index in [1.165, 1.54) is 6.92 Å². The van der Waals surface area contributed by atoms with Gasteiger partial charge in [0.25, 0.3) is 0 Å². The quantitative estimate of drug-likeness (QED) is 0.668. The Kier molecular flexibility index (Phi) is 4.75. The molecule has 0 aliphatic carbocycles. The number of hydrogen-bond acceptors (Lipinski definition) is 1. The molecule has 0 aromatic carbocycles. The van der Waals surface area contributed by atoms with E-state index in [1.807, 2.05) is 0 Å². The predicted octanol–water partition coefficient (Wildman–Crippen LogP) is 2.96. The van der Waals surface area contributed by atoms with Crippen LogP contribution in [-0.4, -0.2) is 19.8 Å². The number of nitrogens with one attached hydrogen (secondary N) is 1. The average Bonchev–Trinajstić information content (AvgIpc) is 2.02. The summed E-state index contributed by atoms with van der Waals surface area (Å²) in [5, 5.41) is 2.85. The van der Waals surface area contributed by atoms with Gasteiger partial charge in [-0.1, -0.05) is 13.8 Å². The summed E-state index contributed by atoms with van der Waals surface area (Å²) in [5.41, 5.74) is -1.51. The molecule has 0 aromatic rings. The lowest BCUT2D eigenvalue weighted by Gasteiger charge is -2.30. The summed E-state index contributed by atoms with van der Waals surface area (Å²) in [6.07, 6.45) is -3.15. The first-order valence-corrected chi connectivity index (χ1v) is 4.58. The molecule has 4 heteroatoms. The Morgan fingerprint density at radius 3 is 2.08 bits per heavy atom. The van der Waals surface area contributed by atoms with Crippen molar-refractivity contribution in [2.75, 3.05) is 13.6 Å². The van der Waals surface area contributed by atoms with E-state index in [0.29, 0.717) is 13.0 Å².